The average Bonchev–Trinajstić information content (AvgIpc) is 2.64. The van der Waals surface area contributed by atoms with Crippen LogP contribution >= 0.6 is 11.5 Å². The summed E-state index contributed by atoms with van der Waals surface area (Å²) in [5.74, 6) is 1.38. The number of hydrogen-bond donors (Lipinski definition) is 0. The summed E-state index contributed by atoms with van der Waals surface area (Å²) < 4.78 is 4.34. The van der Waals surface area contributed by atoms with Gasteiger partial charge in [0.25, 0.3) is 0 Å². The Hall–Kier alpha value is -0.640. The number of aromatic nitrogens is 2. The van der Waals surface area contributed by atoms with Crippen LogP contribution in [-0.4, -0.2) is 22.4 Å². The minimum atomic E-state index is 0.422. The second kappa shape index (κ2) is 4.73. The molecule has 1 aromatic rings. The minimum absolute atomic E-state index is 0.422. The fraction of sp³-hybridized carbons (Fsp3) is 0.800. The molecule has 0 spiro atoms. The third-order valence-electron chi connectivity index (χ3n) is 2.50. The number of rotatable bonds is 4. The molecule has 0 saturated heterocycles. The molecule has 80 valence electrons. The first-order chi connectivity index (χ1) is 6.56. The van der Waals surface area contributed by atoms with E-state index in [9.17, 15) is 0 Å². The monoisotopic (exact) mass is 213 g/mol. The van der Waals surface area contributed by atoms with E-state index in [2.05, 4.69) is 49.0 Å². The van der Waals surface area contributed by atoms with E-state index in [0.717, 1.165) is 17.4 Å². The van der Waals surface area contributed by atoms with Crippen LogP contribution in [0.15, 0.2) is 0 Å². The van der Waals surface area contributed by atoms with Gasteiger partial charge < -0.3 is 4.90 Å². The smallest absolute Gasteiger partial charge is 0.205 e. The van der Waals surface area contributed by atoms with Gasteiger partial charge in [0.2, 0.25) is 5.13 Å². The first kappa shape index (κ1) is 11.4. The van der Waals surface area contributed by atoms with Crippen molar-refractivity contribution in [3.05, 3.63) is 5.82 Å². The maximum atomic E-state index is 4.51. The molecule has 1 rings (SSSR count). The topological polar surface area (TPSA) is 29.0 Å². The largest absolute Gasteiger partial charge is 0.347 e. The second-order valence-corrected chi connectivity index (χ2v) is 4.69. The zero-order valence-electron chi connectivity index (χ0n) is 9.61. The Morgan fingerprint density at radius 1 is 1.36 bits per heavy atom. The Kier molecular flexibility index (Phi) is 3.86. The third kappa shape index (κ3) is 2.44. The molecule has 1 atom stereocenters. The third-order valence-corrected chi connectivity index (χ3v) is 3.32. The standard InChI is InChI=1S/C10H19N3S/c1-6-8(4)13(5)10-11-9(7(2)3)12-14-10/h7-8H,6H2,1-5H3. The first-order valence-corrected chi connectivity index (χ1v) is 5.90. The van der Waals surface area contributed by atoms with Crippen LogP contribution in [-0.2, 0) is 0 Å². The predicted molar refractivity (Wildman–Crippen MR) is 62.2 cm³/mol. The summed E-state index contributed by atoms with van der Waals surface area (Å²) in [5.41, 5.74) is 0. The highest BCUT2D eigenvalue weighted by Gasteiger charge is 2.14. The van der Waals surface area contributed by atoms with Crippen LogP contribution in [0.25, 0.3) is 0 Å². The molecule has 0 fully saturated rings. The van der Waals surface area contributed by atoms with Crippen LogP contribution in [0.3, 0.4) is 0 Å². The maximum absolute atomic E-state index is 4.51. The highest BCUT2D eigenvalue weighted by Crippen LogP contribution is 2.22. The van der Waals surface area contributed by atoms with Crippen molar-refractivity contribution >= 4 is 16.7 Å². The summed E-state index contributed by atoms with van der Waals surface area (Å²) in [4.78, 5) is 6.71. The molecule has 1 unspecified atom stereocenters. The highest BCUT2D eigenvalue weighted by molar-refractivity contribution is 7.09. The predicted octanol–water partition coefficient (Wildman–Crippen LogP) is 2.90. The number of anilines is 1. The van der Waals surface area contributed by atoms with Crippen molar-refractivity contribution in [3.8, 4) is 0 Å². The van der Waals surface area contributed by atoms with Gasteiger partial charge in [-0.1, -0.05) is 20.8 Å². The van der Waals surface area contributed by atoms with Gasteiger partial charge in [-0.05, 0) is 13.3 Å². The zero-order chi connectivity index (χ0) is 10.7. The molecule has 0 aromatic carbocycles. The summed E-state index contributed by atoms with van der Waals surface area (Å²) in [7, 11) is 2.08. The van der Waals surface area contributed by atoms with Crippen molar-refractivity contribution in [2.24, 2.45) is 0 Å². The summed E-state index contributed by atoms with van der Waals surface area (Å²) in [6.45, 7) is 8.63. The molecular formula is C10H19N3S. The molecule has 0 N–H and O–H groups in total. The lowest BCUT2D eigenvalue weighted by Crippen LogP contribution is -2.27. The van der Waals surface area contributed by atoms with Crippen LogP contribution in [0, 0.1) is 0 Å². The molecule has 0 radical (unpaired) electrons. The molecule has 3 nitrogen and oxygen atoms in total. The van der Waals surface area contributed by atoms with Gasteiger partial charge in [-0.15, -0.1) is 0 Å². The second-order valence-electron chi connectivity index (χ2n) is 3.96. The molecule has 0 aliphatic carbocycles. The molecular weight excluding hydrogens is 194 g/mol. The summed E-state index contributed by atoms with van der Waals surface area (Å²) >= 11 is 1.49. The molecule has 4 heteroatoms. The highest BCUT2D eigenvalue weighted by atomic mass is 32.1. The summed E-state index contributed by atoms with van der Waals surface area (Å²) in [5, 5.41) is 1.03. The van der Waals surface area contributed by atoms with Crippen LogP contribution in [0.1, 0.15) is 45.9 Å². The molecule has 14 heavy (non-hydrogen) atoms. The van der Waals surface area contributed by atoms with E-state index >= 15 is 0 Å². The molecule has 1 heterocycles. The van der Waals surface area contributed by atoms with E-state index in [1.54, 1.807) is 0 Å². The number of hydrogen-bond acceptors (Lipinski definition) is 4. The quantitative estimate of drug-likeness (QED) is 0.770. The Morgan fingerprint density at radius 2 is 2.00 bits per heavy atom. The maximum Gasteiger partial charge on any atom is 0.205 e. The Morgan fingerprint density at radius 3 is 2.43 bits per heavy atom. The first-order valence-electron chi connectivity index (χ1n) is 5.12. The number of nitrogens with zero attached hydrogens (tertiary/aromatic N) is 3. The fourth-order valence-electron chi connectivity index (χ4n) is 1.07. The molecule has 0 bridgehead atoms. The molecule has 1 aromatic heterocycles. The van der Waals surface area contributed by atoms with Crippen molar-refractivity contribution in [3.63, 3.8) is 0 Å². The van der Waals surface area contributed by atoms with Gasteiger partial charge in [0.15, 0.2) is 0 Å². The lowest BCUT2D eigenvalue weighted by molar-refractivity contribution is 0.659. The Bertz CT molecular complexity index is 283. The van der Waals surface area contributed by atoms with E-state index in [1.807, 2.05) is 0 Å². The lowest BCUT2D eigenvalue weighted by Gasteiger charge is -2.22. The van der Waals surface area contributed by atoms with Gasteiger partial charge in [0.05, 0.1) is 0 Å². The van der Waals surface area contributed by atoms with Crippen molar-refractivity contribution in [1.82, 2.24) is 9.36 Å². The minimum Gasteiger partial charge on any atom is -0.347 e. The van der Waals surface area contributed by atoms with Crippen LogP contribution < -0.4 is 4.90 Å². The van der Waals surface area contributed by atoms with E-state index in [0.29, 0.717) is 12.0 Å². The Balaban J connectivity index is 2.76. The van der Waals surface area contributed by atoms with Gasteiger partial charge in [-0.25, -0.2) is 4.98 Å². The van der Waals surface area contributed by atoms with E-state index in [4.69, 9.17) is 0 Å². The van der Waals surface area contributed by atoms with Gasteiger partial charge in [0.1, 0.15) is 5.82 Å². The van der Waals surface area contributed by atoms with Gasteiger partial charge in [0, 0.05) is 30.5 Å². The fourth-order valence-corrected chi connectivity index (χ4v) is 1.94. The van der Waals surface area contributed by atoms with Gasteiger partial charge in [-0.3, -0.25) is 0 Å². The molecule has 0 aliphatic rings. The average molecular weight is 213 g/mol. The van der Waals surface area contributed by atoms with Gasteiger partial charge in [-0.2, -0.15) is 4.37 Å². The van der Waals surface area contributed by atoms with Crippen LogP contribution in [0.4, 0.5) is 5.13 Å². The molecule has 0 aliphatic heterocycles. The summed E-state index contributed by atoms with van der Waals surface area (Å²) in [6.07, 6.45) is 1.13. The van der Waals surface area contributed by atoms with Crippen LogP contribution in [0.5, 0.6) is 0 Å². The van der Waals surface area contributed by atoms with E-state index < -0.39 is 0 Å². The van der Waals surface area contributed by atoms with Crippen LogP contribution in [0.2, 0.25) is 0 Å². The van der Waals surface area contributed by atoms with Crippen molar-refractivity contribution in [2.75, 3.05) is 11.9 Å². The zero-order valence-corrected chi connectivity index (χ0v) is 10.4. The SMILES string of the molecule is CCC(C)N(C)c1nc(C(C)C)ns1. The van der Waals surface area contributed by atoms with E-state index in [-0.39, 0.29) is 0 Å². The normalized spacial score (nSPS) is 13.3. The summed E-state index contributed by atoms with van der Waals surface area (Å²) in [6, 6.07) is 0.531. The lowest BCUT2D eigenvalue weighted by atomic mass is 10.2. The van der Waals surface area contributed by atoms with Crippen molar-refractivity contribution in [1.29, 1.82) is 0 Å². The van der Waals surface area contributed by atoms with E-state index in [1.165, 1.54) is 11.5 Å². The molecule has 0 amide bonds. The Labute approximate surface area is 90.3 Å². The molecule has 0 saturated carbocycles. The van der Waals surface area contributed by atoms with Crippen molar-refractivity contribution in [2.45, 2.75) is 46.1 Å². The van der Waals surface area contributed by atoms with Crippen molar-refractivity contribution < 1.29 is 0 Å². The van der Waals surface area contributed by atoms with Gasteiger partial charge >= 0.3 is 0 Å².